The number of ether oxygens (including phenoxy) is 1. The van der Waals surface area contributed by atoms with Crippen LogP contribution in [0.4, 0.5) is 0 Å². The summed E-state index contributed by atoms with van der Waals surface area (Å²) in [5.74, 6) is -0.856. The van der Waals surface area contributed by atoms with Crippen LogP contribution < -0.4 is 5.32 Å². The van der Waals surface area contributed by atoms with E-state index in [4.69, 9.17) is 4.74 Å². The SMILES string of the molecule is CCC/C=C/CN(C(=O)CCCC)C(CC(OCC)c1nc(C(=O)NC(CCC(=O)O)Cc2ccc(O)cc2)cs1)C(C)C. The number of hydrogen-bond donors (Lipinski definition) is 3. The van der Waals surface area contributed by atoms with Crippen molar-refractivity contribution >= 4 is 29.1 Å². The van der Waals surface area contributed by atoms with Gasteiger partial charge >= 0.3 is 5.97 Å². The van der Waals surface area contributed by atoms with E-state index in [1.807, 2.05) is 11.8 Å². The number of allylic oxidation sites excluding steroid dienone is 1. The number of aromatic hydroxyl groups is 1. The second-order valence-electron chi connectivity index (χ2n) is 11.4. The van der Waals surface area contributed by atoms with Gasteiger partial charge in [0.2, 0.25) is 5.91 Å². The van der Waals surface area contributed by atoms with Gasteiger partial charge < -0.3 is 25.2 Å². The van der Waals surface area contributed by atoms with Crippen LogP contribution in [0.5, 0.6) is 5.75 Å². The van der Waals surface area contributed by atoms with Gasteiger partial charge in [-0.15, -0.1) is 11.3 Å². The second-order valence-corrected chi connectivity index (χ2v) is 12.3. The van der Waals surface area contributed by atoms with Gasteiger partial charge in [0, 0.05) is 49.9 Å². The molecule has 3 atom stereocenters. The van der Waals surface area contributed by atoms with Crippen molar-refractivity contribution in [3.05, 3.63) is 58.1 Å². The highest BCUT2D eigenvalue weighted by atomic mass is 32.1. The minimum atomic E-state index is -0.937. The first-order chi connectivity index (χ1) is 21.1. The lowest BCUT2D eigenvalue weighted by atomic mass is 9.95. The predicted molar refractivity (Wildman–Crippen MR) is 175 cm³/mol. The van der Waals surface area contributed by atoms with E-state index >= 15 is 0 Å². The van der Waals surface area contributed by atoms with Crippen LogP contribution in [0.3, 0.4) is 0 Å². The number of carboxylic acids is 1. The van der Waals surface area contributed by atoms with E-state index in [0.29, 0.717) is 37.4 Å². The maximum atomic E-state index is 13.4. The lowest BCUT2D eigenvalue weighted by Gasteiger charge is -2.36. The fraction of sp³-hybridized carbons (Fsp3) is 0.588. The number of nitrogens with zero attached hydrogens (tertiary/aromatic N) is 2. The summed E-state index contributed by atoms with van der Waals surface area (Å²) in [4.78, 5) is 44.6. The number of benzene rings is 1. The number of phenolic OH excluding ortho intramolecular Hbond substituents is 1. The Morgan fingerprint density at radius 3 is 2.41 bits per heavy atom. The third-order valence-electron chi connectivity index (χ3n) is 7.47. The van der Waals surface area contributed by atoms with Gasteiger partial charge in [0.25, 0.3) is 5.91 Å². The molecule has 1 aromatic heterocycles. The molecule has 2 amide bonds. The van der Waals surface area contributed by atoms with Gasteiger partial charge in [-0.3, -0.25) is 14.4 Å². The molecule has 1 aromatic carbocycles. The number of aromatic nitrogens is 1. The highest BCUT2D eigenvalue weighted by Gasteiger charge is 2.31. The van der Waals surface area contributed by atoms with E-state index < -0.39 is 12.0 Å². The maximum Gasteiger partial charge on any atom is 0.303 e. The van der Waals surface area contributed by atoms with Crippen LogP contribution in [-0.2, 0) is 20.7 Å². The minimum Gasteiger partial charge on any atom is -0.508 e. The van der Waals surface area contributed by atoms with Gasteiger partial charge in [0.15, 0.2) is 0 Å². The summed E-state index contributed by atoms with van der Waals surface area (Å²) >= 11 is 1.35. The molecule has 9 nitrogen and oxygen atoms in total. The fourth-order valence-corrected chi connectivity index (χ4v) is 5.88. The predicted octanol–water partition coefficient (Wildman–Crippen LogP) is 6.92. The Morgan fingerprint density at radius 2 is 1.80 bits per heavy atom. The van der Waals surface area contributed by atoms with Crippen LogP contribution in [0, 0.1) is 5.92 Å². The maximum absolute atomic E-state index is 13.4. The highest BCUT2D eigenvalue weighted by molar-refractivity contribution is 7.09. The molecule has 0 spiro atoms. The molecular formula is C34H51N3O6S. The molecule has 0 aliphatic rings. The number of nitrogens with one attached hydrogen (secondary N) is 1. The smallest absolute Gasteiger partial charge is 0.303 e. The van der Waals surface area contributed by atoms with Gasteiger partial charge in [-0.25, -0.2) is 4.98 Å². The van der Waals surface area contributed by atoms with Crippen LogP contribution >= 0.6 is 11.3 Å². The molecule has 0 saturated carbocycles. The first-order valence-corrected chi connectivity index (χ1v) is 16.8. The lowest BCUT2D eigenvalue weighted by Crippen LogP contribution is -2.44. The summed E-state index contributed by atoms with van der Waals surface area (Å²) in [6.45, 7) is 11.4. The summed E-state index contributed by atoms with van der Waals surface area (Å²) in [6, 6.07) is 6.14. The first-order valence-electron chi connectivity index (χ1n) is 15.9. The highest BCUT2D eigenvalue weighted by Crippen LogP contribution is 2.31. The van der Waals surface area contributed by atoms with Crippen molar-refractivity contribution in [1.29, 1.82) is 0 Å². The summed E-state index contributed by atoms with van der Waals surface area (Å²) < 4.78 is 6.17. The molecule has 2 aromatic rings. The van der Waals surface area contributed by atoms with Gasteiger partial charge in [-0.2, -0.15) is 0 Å². The van der Waals surface area contributed by atoms with Crippen molar-refractivity contribution in [2.24, 2.45) is 5.92 Å². The zero-order chi connectivity index (χ0) is 32.5. The monoisotopic (exact) mass is 629 g/mol. The molecule has 0 radical (unpaired) electrons. The topological polar surface area (TPSA) is 129 Å². The van der Waals surface area contributed by atoms with E-state index in [1.54, 1.807) is 29.6 Å². The fourth-order valence-electron chi connectivity index (χ4n) is 5.02. The number of carbonyl (C=O) groups excluding carboxylic acids is 2. The van der Waals surface area contributed by atoms with Crippen LogP contribution in [0.2, 0.25) is 0 Å². The van der Waals surface area contributed by atoms with Crippen molar-refractivity contribution in [2.45, 2.75) is 111 Å². The van der Waals surface area contributed by atoms with E-state index in [-0.39, 0.29) is 54.2 Å². The Labute approximate surface area is 266 Å². The zero-order valence-corrected chi connectivity index (χ0v) is 27.8. The largest absolute Gasteiger partial charge is 0.508 e. The second kappa shape index (κ2) is 19.9. The number of unbranched alkanes of at least 4 members (excludes halogenated alkanes) is 2. The van der Waals surface area contributed by atoms with Crippen molar-refractivity contribution in [2.75, 3.05) is 13.2 Å². The van der Waals surface area contributed by atoms with Crippen LogP contribution in [0.25, 0.3) is 0 Å². The van der Waals surface area contributed by atoms with Gasteiger partial charge in [0.1, 0.15) is 22.6 Å². The molecule has 44 heavy (non-hydrogen) atoms. The average Bonchev–Trinajstić information content (AvgIpc) is 3.49. The summed E-state index contributed by atoms with van der Waals surface area (Å²) in [7, 11) is 0. The Kier molecular flexibility index (Phi) is 16.7. The Hall–Kier alpha value is -3.24. The van der Waals surface area contributed by atoms with Crippen LogP contribution in [0.1, 0.15) is 113 Å². The number of amides is 2. The number of aliphatic carboxylic acids is 1. The van der Waals surface area contributed by atoms with E-state index in [1.165, 1.54) is 11.3 Å². The normalized spacial score (nSPS) is 13.6. The standard InChI is InChI=1S/C34H51N3O6S/c1-6-9-11-12-20-37(31(39)13-10-7-2)29(24(4)5)22-30(43-8-3)34-36-28(23-44-34)33(42)35-26(16-19-32(40)41)21-25-14-17-27(38)18-15-25/h11-12,14-15,17-18,23-24,26,29-30,38H,6-10,13,16,19-22H2,1-5H3,(H,35,42)(H,40,41)/b12-11+. The van der Waals surface area contributed by atoms with Gasteiger partial charge in [0.05, 0.1) is 0 Å². The number of thiazole rings is 1. The van der Waals surface area contributed by atoms with E-state index in [2.05, 4.69) is 50.1 Å². The Bertz CT molecular complexity index is 1180. The molecule has 244 valence electrons. The molecule has 0 fully saturated rings. The molecule has 2 rings (SSSR count). The molecule has 3 unspecified atom stereocenters. The number of hydrogen-bond acceptors (Lipinski definition) is 7. The quantitative estimate of drug-likeness (QED) is 0.128. The Morgan fingerprint density at radius 1 is 1.07 bits per heavy atom. The van der Waals surface area contributed by atoms with Crippen molar-refractivity contribution < 1.29 is 29.3 Å². The van der Waals surface area contributed by atoms with Crippen molar-refractivity contribution in [1.82, 2.24) is 15.2 Å². The van der Waals surface area contributed by atoms with E-state index in [9.17, 15) is 24.6 Å². The summed E-state index contributed by atoms with van der Waals surface area (Å²) in [5, 5.41) is 24.2. The molecular weight excluding hydrogens is 578 g/mol. The molecule has 10 heteroatoms. The van der Waals surface area contributed by atoms with Crippen LogP contribution in [0.15, 0.2) is 41.8 Å². The van der Waals surface area contributed by atoms with Gasteiger partial charge in [-0.05, 0) is 56.2 Å². The number of phenols is 1. The average molecular weight is 630 g/mol. The molecule has 3 N–H and O–H groups in total. The number of carbonyl (C=O) groups is 3. The molecule has 0 bridgehead atoms. The minimum absolute atomic E-state index is 0.0749. The molecule has 0 saturated heterocycles. The molecule has 1 heterocycles. The third kappa shape index (κ3) is 12.8. The molecule has 0 aliphatic heterocycles. The van der Waals surface area contributed by atoms with Crippen molar-refractivity contribution in [3.63, 3.8) is 0 Å². The Balaban J connectivity index is 2.25. The zero-order valence-electron chi connectivity index (χ0n) is 27.0. The summed E-state index contributed by atoms with van der Waals surface area (Å²) in [5.41, 5.74) is 1.12. The first kappa shape index (κ1) is 36.9. The number of rotatable bonds is 21. The van der Waals surface area contributed by atoms with Crippen molar-refractivity contribution in [3.8, 4) is 5.75 Å². The third-order valence-corrected chi connectivity index (χ3v) is 8.41. The summed E-state index contributed by atoms with van der Waals surface area (Å²) in [6.07, 6.45) is 9.31. The van der Waals surface area contributed by atoms with E-state index in [0.717, 1.165) is 31.2 Å². The van der Waals surface area contributed by atoms with Crippen LogP contribution in [-0.4, -0.2) is 63.1 Å². The molecule has 0 aliphatic carbocycles. The van der Waals surface area contributed by atoms with Gasteiger partial charge in [-0.1, -0.05) is 64.8 Å². The number of carboxylic acid groups (broad SMARTS) is 1. The lowest BCUT2D eigenvalue weighted by molar-refractivity contribution is -0.137.